The minimum absolute atomic E-state index is 0.0434. The van der Waals surface area contributed by atoms with Crippen molar-refractivity contribution in [2.45, 2.75) is 8.02 Å². The fraction of sp³-hybridized carbons (Fsp3) is 0.500. The number of hydrogen-bond acceptors (Lipinski definition) is 2. The van der Waals surface area contributed by atoms with Gasteiger partial charge in [0.1, 0.15) is 9.32 Å². The van der Waals surface area contributed by atoms with Crippen LogP contribution in [0.4, 0.5) is 0 Å². The standard InChI is InChI=1S/C6H5Br3Cl2O2/c1-13-6(12)3(10)2(4(7)8)5(9)11/h4-5H,1H3/b3-2+. The number of rotatable bonds is 3. The minimum atomic E-state index is -0.620. The predicted molar refractivity (Wildman–Crippen MR) is 65.1 cm³/mol. The summed E-state index contributed by atoms with van der Waals surface area (Å²) in [5.41, 5.74) is 0.468. The van der Waals surface area contributed by atoms with Crippen LogP contribution in [0.5, 0.6) is 0 Å². The van der Waals surface area contributed by atoms with Crippen molar-refractivity contribution in [1.29, 1.82) is 0 Å². The summed E-state index contributed by atoms with van der Waals surface area (Å²) in [4.78, 5) is 11.0. The van der Waals surface area contributed by atoms with Gasteiger partial charge in [-0.3, -0.25) is 0 Å². The predicted octanol–water partition coefficient (Wildman–Crippen LogP) is 3.73. The number of hydrogen-bond donors (Lipinski definition) is 0. The number of esters is 1. The van der Waals surface area contributed by atoms with E-state index in [1.807, 2.05) is 0 Å². The van der Waals surface area contributed by atoms with Crippen LogP contribution in [0.3, 0.4) is 0 Å². The van der Waals surface area contributed by atoms with E-state index in [9.17, 15) is 4.79 Å². The van der Waals surface area contributed by atoms with E-state index in [2.05, 4.69) is 52.5 Å². The van der Waals surface area contributed by atoms with Gasteiger partial charge in [0.2, 0.25) is 0 Å². The second-order valence-electron chi connectivity index (χ2n) is 1.86. The number of alkyl halides is 4. The van der Waals surface area contributed by atoms with Crippen molar-refractivity contribution in [2.75, 3.05) is 7.11 Å². The molecule has 7 heteroatoms. The summed E-state index contributed by atoms with van der Waals surface area (Å²) in [6, 6.07) is 0. The molecule has 0 saturated carbocycles. The topological polar surface area (TPSA) is 26.3 Å². The Kier molecular flexibility index (Phi) is 7.30. The van der Waals surface area contributed by atoms with Crippen LogP contribution in [0, 0.1) is 0 Å². The molecule has 0 aromatic heterocycles. The second kappa shape index (κ2) is 6.67. The molecule has 13 heavy (non-hydrogen) atoms. The molecule has 0 spiro atoms. The molecule has 1 atom stereocenters. The Bertz CT molecular complexity index is 218. The van der Waals surface area contributed by atoms with Crippen LogP contribution in [-0.4, -0.2) is 21.1 Å². The van der Waals surface area contributed by atoms with Gasteiger partial charge in [-0.25, -0.2) is 4.79 Å². The van der Waals surface area contributed by atoms with Gasteiger partial charge in [-0.2, -0.15) is 0 Å². The van der Waals surface area contributed by atoms with Crippen molar-refractivity contribution >= 4 is 77.0 Å². The summed E-state index contributed by atoms with van der Waals surface area (Å²) in [5, 5.41) is -0.0434. The summed E-state index contributed by atoms with van der Waals surface area (Å²) >= 11 is 20.9. The van der Waals surface area contributed by atoms with Crippen molar-refractivity contribution in [2.24, 2.45) is 0 Å². The maximum Gasteiger partial charge on any atom is 0.349 e. The smallest absolute Gasteiger partial charge is 0.349 e. The Hall–Kier alpha value is 1.23. The molecule has 0 heterocycles. The lowest BCUT2D eigenvalue weighted by atomic mass is 10.3. The Morgan fingerprint density at radius 2 is 1.85 bits per heavy atom. The molecule has 0 aliphatic carbocycles. The number of carbonyl (C=O) groups is 1. The van der Waals surface area contributed by atoms with Crippen LogP contribution in [0.25, 0.3) is 0 Å². The van der Waals surface area contributed by atoms with Gasteiger partial charge in [0.15, 0.2) is 0 Å². The summed E-state index contributed by atoms with van der Waals surface area (Å²) in [7, 11) is 1.25. The third-order valence-electron chi connectivity index (χ3n) is 1.09. The molecule has 0 aliphatic rings. The van der Waals surface area contributed by atoms with E-state index in [1.165, 1.54) is 7.11 Å². The first-order chi connectivity index (χ1) is 5.91. The minimum Gasteiger partial charge on any atom is -0.465 e. The average molecular weight is 420 g/mol. The highest BCUT2D eigenvalue weighted by Gasteiger charge is 2.23. The van der Waals surface area contributed by atoms with E-state index < -0.39 is 10.3 Å². The highest BCUT2D eigenvalue weighted by Crippen LogP contribution is 2.32. The molecule has 0 N–H and O–H groups in total. The maximum absolute atomic E-state index is 11.0. The van der Waals surface area contributed by atoms with Crippen LogP contribution in [-0.2, 0) is 9.53 Å². The molecule has 2 nitrogen and oxygen atoms in total. The normalized spacial score (nSPS) is 15.3. The monoisotopic (exact) mass is 416 g/mol. The van der Waals surface area contributed by atoms with Gasteiger partial charge in [-0.1, -0.05) is 59.4 Å². The highest BCUT2D eigenvalue weighted by atomic mass is 79.9. The van der Waals surface area contributed by atoms with Crippen LogP contribution in [0.15, 0.2) is 10.6 Å². The summed E-state index contributed by atoms with van der Waals surface area (Å²) in [5.74, 6) is -0.620. The number of methoxy groups -OCH3 is 1. The third kappa shape index (κ3) is 4.51. The van der Waals surface area contributed by atoms with E-state index >= 15 is 0 Å². The molecule has 76 valence electrons. The van der Waals surface area contributed by atoms with Gasteiger partial charge in [0, 0.05) is 5.57 Å². The van der Waals surface area contributed by atoms with Gasteiger partial charge in [0.25, 0.3) is 0 Å². The SMILES string of the molecule is COC(=O)/C(Cl)=C(\C(Cl)Br)C(Br)Br. The fourth-order valence-corrected chi connectivity index (χ4v) is 3.97. The Labute approximate surface area is 111 Å². The fourth-order valence-electron chi connectivity index (χ4n) is 0.494. The van der Waals surface area contributed by atoms with Gasteiger partial charge in [0.05, 0.1) is 10.8 Å². The van der Waals surface area contributed by atoms with E-state index in [0.717, 1.165) is 0 Å². The quantitative estimate of drug-likeness (QED) is 0.396. The summed E-state index contributed by atoms with van der Waals surface area (Å²) < 4.78 is 3.62. The van der Waals surface area contributed by atoms with E-state index in [-0.39, 0.29) is 8.77 Å². The third-order valence-corrected chi connectivity index (χ3v) is 3.18. The lowest BCUT2D eigenvalue weighted by Crippen LogP contribution is -2.11. The average Bonchev–Trinajstić information content (AvgIpc) is 2.01. The zero-order chi connectivity index (χ0) is 10.6. The first-order valence-corrected chi connectivity index (χ1v) is 6.52. The Morgan fingerprint density at radius 3 is 2.08 bits per heavy atom. The van der Waals surface area contributed by atoms with E-state index in [0.29, 0.717) is 5.57 Å². The zero-order valence-electron chi connectivity index (χ0n) is 6.36. The molecular formula is C6H5Br3Cl2O2. The van der Waals surface area contributed by atoms with Crippen molar-refractivity contribution < 1.29 is 9.53 Å². The largest absolute Gasteiger partial charge is 0.465 e. The molecule has 0 bridgehead atoms. The Morgan fingerprint density at radius 1 is 1.38 bits per heavy atom. The van der Waals surface area contributed by atoms with E-state index in [1.54, 1.807) is 0 Å². The number of allylic oxidation sites excluding steroid dienone is 1. The first kappa shape index (κ1) is 14.2. The molecule has 0 radical (unpaired) electrons. The number of carbonyl (C=O) groups excluding carboxylic acids is 1. The zero-order valence-corrected chi connectivity index (χ0v) is 12.6. The Balaban J connectivity index is 4.97. The summed E-state index contributed by atoms with van der Waals surface area (Å²) in [6.45, 7) is 0. The van der Waals surface area contributed by atoms with Gasteiger partial charge >= 0.3 is 5.97 Å². The van der Waals surface area contributed by atoms with Crippen molar-refractivity contribution in [3.05, 3.63) is 10.6 Å². The lowest BCUT2D eigenvalue weighted by Gasteiger charge is -2.11. The molecule has 0 fully saturated rings. The van der Waals surface area contributed by atoms with Crippen LogP contribution in [0.1, 0.15) is 0 Å². The van der Waals surface area contributed by atoms with Gasteiger partial charge < -0.3 is 4.74 Å². The molecule has 1 unspecified atom stereocenters. The highest BCUT2D eigenvalue weighted by molar-refractivity contribution is 9.24. The molecule has 0 amide bonds. The van der Waals surface area contributed by atoms with Crippen LogP contribution < -0.4 is 0 Å². The van der Waals surface area contributed by atoms with Gasteiger partial charge in [-0.15, -0.1) is 11.6 Å². The van der Waals surface area contributed by atoms with E-state index in [4.69, 9.17) is 23.2 Å². The number of halogens is 5. The number of ether oxygens (including phenoxy) is 1. The van der Waals surface area contributed by atoms with Crippen molar-refractivity contribution in [1.82, 2.24) is 0 Å². The molecule has 0 aromatic carbocycles. The molecule has 0 rings (SSSR count). The van der Waals surface area contributed by atoms with Gasteiger partial charge in [-0.05, 0) is 0 Å². The van der Waals surface area contributed by atoms with Crippen molar-refractivity contribution in [3.8, 4) is 0 Å². The summed E-state index contributed by atoms with van der Waals surface area (Å²) in [6.07, 6.45) is 0. The second-order valence-corrected chi connectivity index (χ2v) is 7.18. The molecular weight excluding hydrogens is 415 g/mol. The lowest BCUT2D eigenvalue weighted by molar-refractivity contribution is -0.135. The van der Waals surface area contributed by atoms with Crippen molar-refractivity contribution in [3.63, 3.8) is 0 Å². The first-order valence-electron chi connectivity index (χ1n) is 2.96. The molecule has 0 aromatic rings. The molecule has 0 saturated heterocycles. The van der Waals surface area contributed by atoms with Crippen LogP contribution >= 0.6 is 71.0 Å². The molecule has 0 aliphatic heterocycles. The maximum atomic E-state index is 11.0. The van der Waals surface area contributed by atoms with Crippen LogP contribution in [0.2, 0.25) is 0 Å².